The molecule has 4 aliphatic carbocycles. The van der Waals surface area contributed by atoms with Crippen molar-refractivity contribution in [3.63, 3.8) is 0 Å². The summed E-state index contributed by atoms with van der Waals surface area (Å²) < 4.78 is 5.73. The molecule has 1 aromatic carbocycles. The van der Waals surface area contributed by atoms with Crippen molar-refractivity contribution in [3.8, 4) is 11.3 Å². The van der Waals surface area contributed by atoms with Gasteiger partial charge in [-0.25, -0.2) is 0 Å². The van der Waals surface area contributed by atoms with E-state index in [1.807, 2.05) is 13.1 Å². The molecule has 3 heteroatoms. The fourth-order valence-electron chi connectivity index (χ4n) is 6.32. The number of rotatable bonds is 4. The molecule has 6 rings (SSSR count). The smallest absolute Gasteiger partial charge is 0.185 e. The topological polar surface area (TPSA) is 42.2 Å². The van der Waals surface area contributed by atoms with E-state index in [0.29, 0.717) is 11.2 Å². The van der Waals surface area contributed by atoms with E-state index in [2.05, 4.69) is 23.5 Å². The first-order valence-electron chi connectivity index (χ1n) is 9.57. The van der Waals surface area contributed by atoms with Crippen molar-refractivity contribution in [2.75, 3.05) is 12.4 Å². The number of carbonyl (C=O) groups is 1. The summed E-state index contributed by atoms with van der Waals surface area (Å²) in [6.07, 6.45) is 9.22. The summed E-state index contributed by atoms with van der Waals surface area (Å²) in [5.74, 6) is 3.96. The predicted molar refractivity (Wildman–Crippen MR) is 98.9 cm³/mol. The molecular weight excluding hydrogens is 310 g/mol. The lowest BCUT2D eigenvalue weighted by Gasteiger charge is -2.57. The van der Waals surface area contributed by atoms with Crippen LogP contribution in [0.4, 0.5) is 5.69 Å². The Morgan fingerprint density at radius 3 is 2.28 bits per heavy atom. The van der Waals surface area contributed by atoms with Gasteiger partial charge in [-0.2, -0.15) is 0 Å². The summed E-state index contributed by atoms with van der Waals surface area (Å²) in [7, 11) is 1.94. The molecule has 0 amide bonds. The fourth-order valence-corrected chi connectivity index (χ4v) is 6.32. The van der Waals surface area contributed by atoms with Crippen LogP contribution in [-0.4, -0.2) is 13.3 Å². The van der Waals surface area contributed by atoms with Gasteiger partial charge in [0.2, 0.25) is 0 Å². The summed E-state index contributed by atoms with van der Waals surface area (Å²) >= 11 is 0. The Morgan fingerprint density at radius 2 is 1.72 bits per heavy atom. The highest BCUT2D eigenvalue weighted by Crippen LogP contribution is 2.61. The molecular formula is C22H25NO2. The number of carbonyl (C=O) groups excluding carboxylic acids is 1. The van der Waals surface area contributed by atoms with E-state index in [9.17, 15) is 4.79 Å². The number of furan rings is 1. The molecule has 1 heterocycles. The number of hydrogen-bond donors (Lipinski definition) is 1. The van der Waals surface area contributed by atoms with Crippen molar-refractivity contribution < 1.29 is 9.21 Å². The average molecular weight is 335 g/mol. The maximum atomic E-state index is 11.0. The summed E-state index contributed by atoms with van der Waals surface area (Å²) in [5.41, 5.74) is 3.98. The van der Waals surface area contributed by atoms with E-state index in [4.69, 9.17) is 4.42 Å². The van der Waals surface area contributed by atoms with Gasteiger partial charge in [0.1, 0.15) is 5.76 Å². The number of hydrogen-bond acceptors (Lipinski definition) is 3. The van der Waals surface area contributed by atoms with Gasteiger partial charge in [0.15, 0.2) is 12.0 Å². The predicted octanol–water partition coefficient (Wildman–Crippen LogP) is 5.27. The Labute approximate surface area is 148 Å². The average Bonchev–Trinajstić information content (AvgIpc) is 3.09. The second-order valence-corrected chi connectivity index (χ2v) is 8.53. The molecule has 0 atom stereocenters. The van der Waals surface area contributed by atoms with Crippen molar-refractivity contribution in [1.82, 2.24) is 0 Å². The van der Waals surface area contributed by atoms with Gasteiger partial charge in [-0.05, 0) is 91.5 Å². The van der Waals surface area contributed by atoms with Crippen LogP contribution in [0, 0.1) is 17.8 Å². The van der Waals surface area contributed by atoms with E-state index >= 15 is 0 Å². The van der Waals surface area contributed by atoms with Crippen LogP contribution in [0.1, 0.15) is 54.6 Å². The SMILES string of the molecule is CNc1ccc(C23CC4CC(CC(C4)C2)C3)cc1-c1ccc(C=O)o1. The van der Waals surface area contributed by atoms with Crippen molar-refractivity contribution in [2.45, 2.75) is 43.9 Å². The summed E-state index contributed by atoms with van der Waals surface area (Å²) in [5, 5.41) is 3.27. The zero-order valence-corrected chi connectivity index (χ0v) is 14.8. The molecule has 0 radical (unpaired) electrons. The number of anilines is 1. The van der Waals surface area contributed by atoms with Gasteiger partial charge in [-0.15, -0.1) is 0 Å². The molecule has 25 heavy (non-hydrogen) atoms. The Balaban J connectivity index is 1.58. The standard InChI is InChI=1S/C22H25NO2/c1-23-20-4-2-17(9-19(20)21-5-3-18(13-24)25-21)22-10-14-6-15(11-22)8-16(7-14)12-22/h2-5,9,13-16,23H,6-8,10-12H2,1H3. The van der Waals surface area contributed by atoms with E-state index in [1.165, 1.54) is 44.1 Å². The normalized spacial score (nSPS) is 32.8. The van der Waals surface area contributed by atoms with Crippen LogP contribution >= 0.6 is 0 Å². The van der Waals surface area contributed by atoms with E-state index in [-0.39, 0.29) is 0 Å². The number of benzene rings is 1. The summed E-state index contributed by atoms with van der Waals surface area (Å²) in [4.78, 5) is 11.0. The number of nitrogens with one attached hydrogen (secondary N) is 1. The molecule has 2 aromatic rings. The molecule has 4 saturated carbocycles. The molecule has 0 aliphatic heterocycles. The lowest BCUT2D eigenvalue weighted by molar-refractivity contribution is -0.00516. The van der Waals surface area contributed by atoms with Crippen LogP contribution in [0.25, 0.3) is 11.3 Å². The Morgan fingerprint density at radius 1 is 1.04 bits per heavy atom. The van der Waals surface area contributed by atoms with E-state index < -0.39 is 0 Å². The molecule has 4 aliphatic rings. The van der Waals surface area contributed by atoms with Crippen LogP contribution in [0.5, 0.6) is 0 Å². The third kappa shape index (κ3) is 2.36. The van der Waals surface area contributed by atoms with Crippen molar-refractivity contribution >= 4 is 12.0 Å². The minimum absolute atomic E-state index is 0.371. The van der Waals surface area contributed by atoms with Gasteiger partial charge in [-0.3, -0.25) is 4.79 Å². The highest BCUT2D eigenvalue weighted by Gasteiger charge is 2.51. The first-order chi connectivity index (χ1) is 12.2. The van der Waals surface area contributed by atoms with Crippen LogP contribution in [0.2, 0.25) is 0 Å². The zero-order valence-electron chi connectivity index (χ0n) is 14.8. The second kappa shape index (κ2) is 5.48. The van der Waals surface area contributed by atoms with Gasteiger partial charge in [-0.1, -0.05) is 6.07 Å². The third-order valence-electron chi connectivity index (χ3n) is 6.95. The third-order valence-corrected chi connectivity index (χ3v) is 6.95. The second-order valence-electron chi connectivity index (χ2n) is 8.53. The summed E-state index contributed by atoms with van der Waals surface area (Å²) in [6, 6.07) is 10.5. The molecule has 0 unspecified atom stereocenters. The monoisotopic (exact) mass is 335 g/mol. The molecule has 1 aromatic heterocycles. The highest BCUT2D eigenvalue weighted by molar-refractivity contribution is 5.78. The minimum atomic E-state index is 0.371. The van der Waals surface area contributed by atoms with Gasteiger partial charge in [0, 0.05) is 18.3 Å². The first kappa shape index (κ1) is 15.2. The maximum absolute atomic E-state index is 11.0. The maximum Gasteiger partial charge on any atom is 0.185 e. The molecule has 0 saturated heterocycles. The fraction of sp³-hybridized carbons (Fsp3) is 0.500. The quantitative estimate of drug-likeness (QED) is 0.774. The largest absolute Gasteiger partial charge is 0.453 e. The minimum Gasteiger partial charge on any atom is -0.453 e. The molecule has 4 fully saturated rings. The molecule has 1 N–H and O–H groups in total. The van der Waals surface area contributed by atoms with E-state index in [0.717, 1.165) is 41.1 Å². The van der Waals surface area contributed by atoms with Crippen LogP contribution < -0.4 is 5.32 Å². The zero-order chi connectivity index (χ0) is 17.0. The summed E-state index contributed by atoms with van der Waals surface area (Å²) in [6.45, 7) is 0. The van der Waals surface area contributed by atoms with Crippen molar-refractivity contribution in [1.29, 1.82) is 0 Å². The lowest BCUT2D eigenvalue weighted by atomic mass is 9.48. The van der Waals surface area contributed by atoms with Gasteiger partial charge in [0.25, 0.3) is 0 Å². The molecule has 4 bridgehead atoms. The highest BCUT2D eigenvalue weighted by atomic mass is 16.3. The van der Waals surface area contributed by atoms with Crippen LogP contribution in [0.3, 0.4) is 0 Å². The molecule has 130 valence electrons. The van der Waals surface area contributed by atoms with Gasteiger partial charge in [0.05, 0.1) is 0 Å². The van der Waals surface area contributed by atoms with Gasteiger partial charge >= 0.3 is 0 Å². The van der Waals surface area contributed by atoms with Crippen molar-refractivity contribution in [3.05, 3.63) is 41.7 Å². The Hall–Kier alpha value is -2.03. The number of aldehydes is 1. The first-order valence-corrected chi connectivity index (χ1v) is 9.57. The Kier molecular flexibility index (Phi) is 3.34. The Bertz CT molecular complexity index is 784. The lowest BCUT2D eigenvalue weighted by Crippen LogP contribution is -2.48. The molecule has 3 nitrogen and oxygen atoms in total. The molecule has 0 spiro atoms. The van der Waals surface area contributed by atoms with E-state index in [1.54, 1.807) is 6.07 Å². The van der Waals surface area contributed by atoms with Crippen LogP contribution in [-0.2, 0) is 5.41 Å². The van der Waals surface area contributed by atoms with Gasteiger partial charge < -0.3 is 9.73 Å². The van der Waals surface area contributed by atoms with Crippen molar-refractivity contribution in [2.24, 2.45) is 17.8 Å². The van der Waals surface area contributed by atoms with Crippen LogP contribution in [0.15, 0.2) is 34.7 Å².